The second kappa shape index (κ2) is 3.83. The molecular formula is C8H12F2O2. The first kappa shape index (κ1) is 9.42. The Balaban J connectivity index is 2.20. The number of alkyl halides is 2. The number of carbonyl (C=O) groups is 1. The Morgan fingerprint density at radius 2 is 2.17 bits per heavy atom. The molecule has 0 aliphatic heterocycles. The second-order valence-electron chi connectivity index (χ2n) is 3.01. The van der Waals surface area contributed by atoms with Gasteiger partial charge in [0.05, 0.1) is 12.5 Å². The molecule has 1 aliphatic rings. The van der Waals surface area contributed by atoms with Gasteiger partial charge in [0, 0.05) is 5.92 Å². The average Bonchev–Trinajstić information content (AvgIpc) is 1.82. The first-order chi connectivity index (χ1) is 5.65. The predicted octanol–water partition coefficient (Wildman–Crippen LogP) is 1.84. The van der Waals surface area contributed by atoms with Crippen LogP contribution >= 0.6 is 0 Å². The van der Waals surface area contributed by atoms with Crippen molar-refractivity contribution in [3.8, 4) is 0 Å². The van der Waals surface area contributed by atoms with Crippen molar-refractivity contribution < 1.29 is 18.3 Å². The van der Waals surface area contributed by atoms with Crippen LogP contribution in [0.1, 0.15) is 19.8 Å². The Hall–Kier alpha value is -0.670. The summed E-state index contributed by atoms with van der Waals surface area (Å²) in [6, 6.07) is 0. The van der Waals surface area contributed by atoms with Crippen molar-refractivity contribution in [3.05, 3.63) is 0 Å². The lowest BCUT2D eigenvalue weighted by atomic mass is 9.75. The molecule has 0 heterocycles. The molecule has 2 nitrogen and oxygen atoms in total. The van der Waals surface area contributed by atoms with Gasteiger partial charge in [-0.05, 0) is 19.8 Å². The van der Waals surface area contributed by atoms with Gasteiger partial charge in [0.2, 0.25) is 6.43 Å². The van der Waals surface area contributed by atoms with E-state index in [0.717, 1.165) is 0 Å². The topological polar surface area (TPSA) is 26.3 Å². The summed E-state index contributed by atoms with van der Waals surface area (Å²) in [4.78, 5) is 10.9. The number of ether oxygens (including phenoxy) is 1. The van der Waals surface area contributed by atoms with Gasteiger partial charge in [-0.25, -0.2) is 8.78 Å². The van der Waals surface area contributed by atoms with Crippen LogP contribution < -0.4 is 0 Å². The molecule has 0 spiro atoms. The van der Waals surface area contributed by atoms with E-state index in [1.807, 2.05) is 0 Å². The van der Waals surface area contributed by atoms with Gasteiger partial charge >= 0.3 is 5.97 Å². The molecule has 1 aliphatic carbocycles. The van der Waals surface area contributed by atoms with Crippen LogP contribution in [0.2, 0.25) is 0 Å². The number of halogens is 2. The highest BCUT2D eigenvalue weighted by Gasteiger charge is 2.40. The maximum absolute atomic E-state index is 12.0. The predicted molar refractivity (Wildman–Crippen MR) is 38.9 cm³/mol. The van der Waals surface area contributed by atoms with Gasteiger partial charge in [0.15, 0.2) is 0 Å². The van der Waals surface area contributed by atoms with E-state index < -0.39 is 12.3 Å². The highest BCUT2D eigenvalue weighted by molar-refractivity contribution is 5.73. The zero-order chi connectivity index (χ0) is 9.14. The van der Waals surface area contributed by atoms with Crippen molar-refractivity contribution in [1.82, 2.24) is 0 Å². The maximum Gasteiger partial charge on any atom is 0.308 e. The number of hydrogen-bond donors (Lipinski definition) is 0. The largest absolute Gasteiger partial charge is 0.466 e. The summed E-state index contributed by atoms with van der Waals surface area (Å²) in [7, 11) is 0. The third-order valence-electron chi connectivity index (χ3n) is 2.15. The van der Waals surface area contributed by atoms with Crippen molar-refractivity contribution >= 4 is 5.97 Å². The molecular weight excluding hydrogens is 166 g/mol. The highest BCUT2D eigenvalue weighted by atomic mass is 19.3. The fourth-order valence-corrected chi connectivity index (χ4v) is 1.32. The Morgan fingerprint density at radius 1 is 1.58 bits per heavy atom. The van der Waals surface area contributed by atoms with E-state index in [0.29, 0.717) is 6.61 Å². The number of hydrogen-bond acceptors (Lipinski definition) is 2. The van der Waals surface area contributed by atoms with Crippen LogP contribution in [0.15, 0.2) is 0 Å². The van der Waals surface area contributed by atoms with Crippen molar-refractivity contribution in [2.45, 2.75) is 26.2 Å². The fraction of sp³-hybridized carbons (Fsp3) is 0.875. The SMILES string of the molecule is CCOC(=O)C1CC(C(F)F)C1. The molecule has 70 valence electrons. The first-order valence-corrected chi connectivity index (χ1v) is 4.10. The molecule has 12 heavy (non-hydrogen) atoms. The van der Waals surface area contributed by atoms with Crippen LogP contribution in [0.25, 0.3) is 0 Å². The average molecular weight is 178 g/mol. The molecule has 0 radical (unpaired) electrons. The van der Waals surface area contributed by atoms with Gasteiger partial charge in [0.25, 0.3) is 0 Å². The Bertz CT molecular complexity index is 164. The summed E-state index contributed by atoms with van der Waals surface area (Å²) in [5, 5.41) is 0. The van der Waals surface area contributed by atoms with Crippen molar-refractivity contribution in [2.75, 3.05) is 6.61 Å². The standard InChI is InChI=1S/C8H12F2O2/c1-2-12-8(11)6-3-5(4-6)7(9)10/h5-7H,2-4H2,1H3. The third-order valence-corrected chi connectivity index (χ3v) is 2.15. The second-order valence-corrected chi connectivity index (χ2v) is 3.01. The van der Waals surface area contributed by atoms with E-state index in [1.165, 1.54) is 0 Å². The van der Waals surface area contributed by atoms with Crippen LogP contribution in [0.3, 0.4) is 0 Å². The monoisotopic (exact) mass is 178 g/mol. The van der Waals surface area contributed by atoms with E-state index in [9.17, 15) is 13.6 Å². The van der Waals surface area contributed by atoms with E-state index >= 15 is 0 Å². The zero-order valence-electron chi connectivity index (χ0n) is 6.93. The third kappa shape index (κ3) is 1.93. The summed E-state index contributed by atoms with van der Waals surface area (Å²) >= 11 is 0. The van der Waals surface area contributed by atoms with E-state index in [4.69, 9.17) is 4.74 Å². The molecule has 0 N–H and O–H groups in total. The molecule has 0 unspecified atom stereocenters. The van der Waals surface area contributed by atoms with E-state index in [1.54, 1.807) is 6.92 Å². The van der Waals surface area contributed by atoms with Crippen LogP contribution in [-0.2, 0) is 9.53 Å². The van der Waals surface area contributed by atoms with Crippen LogP contribution in [-0.4, -0.2) is 19.0 Å². The summed E-state index contributed by atoms with van der Waals surface area (Å²) < 4.78 is 28.6. The Morgan fingerprint density at radius 3 is 2.58 bits per heavy atom. The van der Waals surface area contributed by atoms with Gasteiger partial charge < -0.3 is 4.74 Å². The fourth-order valence-electron chi connectivity index (χ4n) is 1.32. The summed E-state index contributed by atoms with van der Waals surface area (Å²) in [6.45, 7) is 2.04. The molecule has 0 saturated heterocycles. The minimum atomic E-state index is -2.28. The Labute approximate surface area is 69.9 Å². The van der Waals surface area contributed by atoms with Gasteiger partial charge in [-0.1, -0.05) is 0 Å². The quantitative estimate of drug-likeness (QED) is 0.616. The first-order valence-electron chi connectivity index (χ1n) is 4.10. The minimum Gasteiger partial charge on any atom is -0.466 e. The van der Waals surface area contributed by atoms with Crippen molar-refractivity contribution in [2.24, 2.45) is 11.8 Å². The maximum atomic E-state index is 12.0. The molecule has 0 aromatic rings. The summed E-state index contributed by atoms with van der Waals surface area (Å²) in [5.41, 5.74) is 0. The molecule has 1 fully saturated rings. The van der Waals surface area contributed by atoms with Gasteiger partial charge in [0.1, 0.15) is 0 Å². The van der Waals surface area contributed by atoms with Crippen LogP contribution in [0.5, 0.6) is 0 Å². The zero-order valence-corrected chi connectivity index (χ0v) is 6.93. The van der Waals surface area contributed by atoms with Crippen molar-refractivity contribution in [3.63, 3.8) is 0 Å². The van der Waals surface area contributed by atoms with Crippen molar-refractivity contribution in [1.29, 1.82) is 0 Å². The minimum absolute atomic E-state index is 0.274. The number of esters is 1. The van der Waals surface area contributed by atoms with Gasteiger partial charge in [-0.2, -0.15) is 0 Å². The molecule has 1 saturated carbocycles. The lowest BCUT2D eigenvalue weighted by Crippen LogP contribution is -2.35. The molecule has 1 rings (SSSR count). The lowest BCUT2D eigenvalue weighted by Gasteiger charge is -2.32. The number of carbonyl (C=O) groups excluding carboxylic acids is 1. The Kier molecular flexibility index (Phi) is 3.00. The molecule has 0 bridgehead atoms. The lowest BCUT2D eigenvalue weighted by molar-refractivity contribution is -0.155. The molecule has 4 heteroatoms. The molecule has 0 aromatic heterocycles. The van der Waals surface area contributed by atoms with Crippen LogP contribution in [0, 0.1) is 11.8 Å². The summed E-state index contributed by atoms with van der Waals surface area (Å²) in [5.74, 6) is -1.18. The molecule has 0 amide bonds. The van der Waals surface area contributed by atoms with E-state index in [-0.39, 0.29) is 24.7 Å². The van der Waals surface area contributed by atoms with Gasteiger partial charge in [-0.3, -0.25) is 4.79 Å². The molecule has 0 atom stereocenters. The van der Waals surface area contributed by atoms with Gasteiger partial charge in [-0.15, -0.1) is 0 Å². The van der Waals surface area contributed by atoms with E-state index in [2.05, 4.69) is 0 Å². The van der Waals surface area contributed by atoms with Crippen LogP contribution in [0.4, 0.5) is 8.78 Å². The highest BCUT2D eigenvalue weighted by Crippen LogP contribution is 2.38. The summed E-state index contributed by atoms with van der Waals surface area (Å²) in [6.07, 6.45) is -1.71. The normalized spacial score (nSPS) is 28.3. The smallest absolute Gasteiger partial charge is 0.308 e. The number of rotatable bonds is 3. The molecule has 0 aromatic carbocycles.